The molecule has 0 amide bonds. The van der Waals surface area contributed by atoms with Crippen molar-refractivity contribution in [1.82, 2.24) is 5.32 Å². The van der Waals surface area contributed by atoms with Crippen LogP contribution in [0.25, 0.3) is 0 Å². The predicted molar refractivity (Wildman–Crippen MR) is 78.4 cm³/mol. The SMILES string of the molecule is CCCNC(Cc1cccc(OC)c1F)CS(C)(=O)=O. The van der Waals surface area contributed by atoms with Gasteiger partial charge in [-0.25, -0.2) is 12.8 Å². The Labute approximate surface area is 120 Å². The molecule has 0 saturated carbocycles. The Morgan fingerprint density at radius 3 is 2.65 bits per heavy atom. The first-order valence-corrected chi connectivity index (χ1v) is 8.66. The Hall–Kier alpha value is -1.14. The van der Waals surface area contributed by atoms with E-state index in [9.17, 15) is 12.8 Å². The molecule has 0 radical (unpaired) electrons. The maximum Gasteiger partial charge on any atom is 0.168 e. The van der Waals surface area contributed by atoms with Crippen molar-refractivity contribution >= 4 is 9.84 Å². The van der Waals surface area contributed by atoms with Gasteiger partial charge in [-0.3, -0.25) is 0 Å². The van der Waals surface area contributed by atoms with Gasteiger partial charge in [0.2, 0.25) is 0 Å². The van der Waals surface area contributed by atoms with E-state index in [1.807, 2.05) is 6.92 Å². The number of methoxy groups -OCH3 is 1. The lowest BCUT2D eigenvalue weighted by Gasteiger charge is -2.18. The summed E-state index contributed by atoms with van der Waals surface area (Å²) in [5.41, 5.74) is 0.460. The lowest BCUT2D eigenvalue weighted by atomic mass is 10.1. The summed E-state index contributed by atoms with van der Waals surface area (Å²) in [5, 5.41) is 3.15. The highest BCUT2D eigenvalue weighted by molar-refractivity contribution is 7.90. The molecular formula is C14H22FNO3S. The van der Waals surface area contributed by atoms with E-state index in [1.54, 1.807) is 18.2 Å². The van der Waals surface area contributed by atoms with Crippen molar-refractivity contribution in [2.45, 2.75) is 25.8 Å². The molecule has 0 aromatic heterocycles. The highest BCUT2D eigenvalue weighted by atomic mass is 32.2. The summed E-state index contributed by atoms with van der Waals surface area (Å²) in [4.78, 5) is 0. The zero-order valence-electron chi connectivity index (χ0n) is 12.1. The van der Waals surface area contributed by atoms with Crippen LogP contribution in [0.15, 0.2) is 18.2 Å². The van der Waals surface area contributed by atoms with Crippen molar-refractivity contribution in [2.24, 2.45) is 0 Å². The van der Waals surface area contributed by atoms with Gasteiger partial charge in [-0.05, 0) is 31.0 Å². The second-order valence-electron chi connectivity index (χ2n) is 4.88. The van der Waals surface area contributed by atoms with Crippen molar-refractivity contribution < 1.29 is 17.5 Å². The zero-order valence-corrected chi connectivity index (χ0v) is 13.0. The molecule has 0 bridgehead atoms. The van der Waals surface area contributed by atoms with Crippen LogP contribution in [-0.4, -0.2) is 40.1 Å². The van der Waals surface area contributed by atoms with Crippen LogP contribution < -0.4 is 10.1 Å². The summed E-state index contributed by atoms with van der Waals surface area (Å²) in [5.74, 6) is -0.258. The Balaban J connectivity index is 2.88. The van der Waals surface area contributed by atoms with E-state index in [-0.39, 0.29) is 17.5 Å². The van der Waals surface area contributed by atoms with Gasteiger partial charge < -0.3 is 10.1 Å². The fourth-order valence-corrected chi connectivity index (χ4v) is 3.01. The normalized spacial score (nSPS) is 13.2. The molecule has 1 aromatic rings. The second-order valence-corrected chi connectivity index (χ2v) is 7.07. The molecule has 0 fully saturated rings. The molecule has 1 unspecified atom stereocenters. The minimum atomic E-state index is -3.12. The first-order valence-electron chi connectivity index (χ1n) is 6.60. The van der Waals surface area contributed by atoms with Crippen molar-refractivity contribution in [3.63, 3.8) is 0 Å². The summed E-state index contributed by atoms with van der Waals surface area (Å²) in [6, 6.07) is 4.60. The van der Waals surface area contributed by atoms with Crippen LogP contribution in [0.5, 0.6) is 5.75 Å². The fourth-order valence-electron chi connectivity index (χ4n) is 2.04. The van der Waals surface area contributed by atoms with E-state index in [0.717, 1.165) is 6.42 Å². The van der Waals surface area contributed by atoms with Crippen LogP contribution in [0.3, 0.4) is 0 Å². The summed E-state index contributed by atoms with van der Waals surface area (Å²) in [6.07, 6.45) is 2.40. The van der Waals surface area contributed by atoms with Crippen LogP contribution in [0.4, 0.5) is 4.39 Å². The highest BCUT2D eigenvalue weighted by Gasteiger charge is 2.18. The minimum absolute atomic E-state index is 0.0103. The lowest BCUT2D eigenvalue weighted by Crippen LogP contribution is -2.38. The van der Waals surface area contributed by atoms with Crippen molar-refractivity contribution in [3.05, 3.63) is 29.6 Å². The van der Waals surface area contributed by atoms with E-state index < -0.39 is 15.7 Å². The van der Waals surface area contributed by atoms with E-state index in [4.69, 9.17) is 4.74 Å². The highest BCUT2D eigenvalue weighted by Crippen LogP contribution is 2.21. The molecule has 4 nitrogen and oxygen atoms in total. The van der Waals surface area contributed by atoms with Gasteiger partial charge in [0.05, 0.1) is 12.9 Å². The average Bonchev–Trinajstić information content (AvgIpc) is 2.36. The number of hydrogen-bond acceptors (Lipinski definition) is 4. The maximum absolute atomic E-state index is 14.1. The Bertz CT molecular complexity index is 531. The van der Waals surface area contributed by atoms with Crippen molar-refractivity contribution in [1.29, 1.82) is 0 Å². The van der Waals surface area contributed by atoms with Gasteiger partial charge in [-0.1, -0.05) is 19.1 Å². The minimum Gasteiger partial charge on any atom is -0.494 e. The molecule has 0 aliphatic carbocycles. The second kappa shape index (κ2) is 7.59. The van der Waals surface area contributed by atoms with Gasteiger partial charge in [-0.2, -0.15) is 0 Å². The van der Waals surface area contributed by atoms with Crippen LogP contribution in [-0.2, 0) is 16.3 Å². The van der Waals surface area contributed by atoms with E-state index in [0.29, 0.717) is 18.5 Å². The Morgan fingerprint density at radius 1 is 1.40 bits per heavy atom. The summed E-state index contributed by atoms with van der Waals surface area (Å²) >= 11 is 0. The third kappa shape index (κ3) is 5.46. The fraction of sp³-hybridized carbons (Fsp3) is 0.571. The molecule has 1 aromatic carbocycles. The third-order valence-corrected chi connectivity index (χ3v) is 3.92. The van der Waals surface area contributed by atoms with Gasteiger partial charge in [-0.15, -0.1) is 0 Å². The summed E-state index contributed by atoms with van der Waals surface area (Å²) in [6.45, 7) is 2.70. The molecule has 0 spiro atoms. The maximum atomic E-state index is 14.1. The number of halogens is 1. The molecule has 0 saturated heterocycles. The lowest BCUT2D eigenvalue weighted by molar-refractivity contribution is 0.382. The molecule has 20 heavy (non-hydrogen) atoms. The smallest absolute Gasteiger partial charge is 0.168 e. The molecular weight excluding hydrogens is 281 g/mol. The molecule has 1 rings (SSSR count). The van der Waals surface area contributed by atoms with Crippen LogP contribution in [0.2, 0.25) is 0 Å². The monoisotopic (exact) mass is 303 g/mol. The number of nitrogens with one attached hydrogen (secondary N) is 1. The van der Waals surface area contributed by atoms with Gasteiger partial charge >= 0.3 is 0 Å². The molecule has 6 heteroatoms. The predicted octanol–water partition coefficient (Wildman–Crippen LogP) is 1.79. The van der Waals surface area contributed by atoms with Gasteiger partial charge in [0.15, 0.2) is 11.6 Å². The van der Waals surface area contributed by atoms with Gasteiger partial charge in [0, 0.05) is 12.3 Å². The van der Waals surface area contributed by atoms with Crippen molar-refractivity contribution in [2.75, 3.05) is 25.7 Å². The number of rotatable bonds is 8. The standard InChI is InChI=1S/C14H22FNO3S/c1-4-8-16-12(10-20(3,17)18)9-11-6-5-7-13(19-2)14(11)15/h5-7,12,16H,4,8-10H2,1-3H3. The summed E-state index contributed by atoms with van der Waals surface area (Å²) in [7, 11) is -1.71. The molecule has 0 heterocycles. The van der Waals surface area contributed by atoms with Crippen molar-refractivity contribution in [3.8, 4) is 5.75 Å². The molecule has 0 aliphatic heterocycles. The molecule has 0 aliphatic rings. The Morgan fingerprint density at radius 2 is 2.10 bits per heavy atom. The van der Waals surface area contributed by atoms with Crippen LogP contribution in [0, 0.1) is 5.82 Å². The number of benzene rings is 1. The molecule has 1 atom stereocenters. The van der Waals surface area contributed by atoms with E-state index in [2.05, 4.69) is 5.32 Å². The van der Waals surface area contributed by atoms with E-state index in [1.165, 1.54) is 13.4 Å². The average molecular weight is 303 g/mol. The Kier molecular flexibility index (Phi) is 6.42. The first kappa shape index (κ1) is 16.9. The third-order valence-electron chi connectivity index (χ3n) is 2.92. The van der Waals surface area contributed by atoms with Crippen LogP contribution in [0.1, 0.15) is 18.9 Å². The number of sulfone groups is 1. The topological polar surface area (TPSA) is 55.4 Å². The quantitative estimate of drug-likeness (QED) is 0.795. The number of ether oxygens (including phenoxy) is 1. The van der Waals surface area contributed by atoms with E-state index >= 15 is 0 Å². The zero-order chi connectivity index (χ0) is 15.2. The molecule has 1 N–H and O–H groups in total. The van der Waals surface area contributed by atoms with Gasteiger partial charge in [0.1, 0.15) is 9.84 Å². The van der Waals surface area contributed by atoms with Crippen LogP contribution >= 0.6 is 0 Å². The first-order chi connectivity index (χ1) is 9.37. The number of hydrogen-bond donors (Lipinski definition) is 1. The largest absolute Gasteiger partial charge is 0.494 e. The summed E-state index contributed by atoms with van der Waals surface area (Å²) < 4.78 is 41.9. The van der Waals surface area contributed by atoms with Gasteiger partial charge in [0.25, 0.3) is 0 Å². The molecule has 114 valence electrons.